The quantitative estimate of drug-likeness (QED) is 0.541. The summed E-state index contributed by atoms with van der Waals surface area (Å²) in [6, 6.07) is 8.28. The number of aliphatic imine (C=N–C) groups is 1. The first-order chi connectivity index (χ1) is 15.1. The van der Waals surface area contributed by atoms with Crippen LogP contribution in [-0.4, -0.2) is 47.3 Å². The van der Waals surface area contributed by atoms with Crippen molar-refractivity contribution in [1.82, 2.24) is 4.98 Å². The molecular weight excluding hydrogens is 429 g/mol. The lowest BCUT2D eigenvalue weighted by atomic mass is 9.84. The number of nitrogens with two attached hydrogens (primary N) is 1. The molecule has 1 aliphatic rings. The molecule has 1 aliphatic heterocycles. The Morgan fingerprint density at radius 3 is 2.66 bits per heavy atom. The average Bonchev–Trinajstić information content (AvgIpc) is 2.85. The van der Waals surface area contributed by atoms with Crippen LogP contribution in [0, 0.1) is 17.1 Å². The highest BCUT2D eigenvalue weighted by Crippen LogP contribution is 2.43. The van der Waals surface area contributed by atoms with Gasteiger partial charge < -0.3 is 15.6 Å². The number of alkyl halides is 2. The van der Waals surface area contributed by atoms with Crippen LogP contribution >= 0.6 is 0 Å². The Balaban J connectivity index is 0.00000114. The SMILES string of the molecule is C[C@]1(c2cc(CC(=O)c3ccc(C#N)cn3)ccc2F)N=C(N)COCC1(F)F.O=CO. The molecule has 0 radical (unpaired) electrons. The molecule has 0 saturated carbocycles. The molecule has 8 nitrogen and oxygen atoms in total. The zero-order chi connectivity index (χ0) is 23.9. The number of amidine groups is 1. The number of aromatic nitrogens is 1. The van der Waals surface area contributed by atoms with E-state index in [1.807, 2.05) is 6.07 Å². The van der Waals surface area contributed by atoms with Crippen molar-refractivity contribution in [1.29, 1.82) is 5.26 Å². The minimum absolute atomic E-state index is 0.108. The first-order valence-corrected chi connectivity index (χ1v) is 9.14. The number of benzene rings is 1. The van der Waals surface area contributed by atoms with E-state index in [9.17, 15) is 18.0 Å². The summed E-state index contributed by atoms with van der Waals surface area (Å²) in [5.41, 5.74) is 3.67. The van der Waals surface area contributed by atoms with Crippen molar-refractivity contribution in [2.45, 2.75) is 24.8 Å². The first kappa shape index (κ1) is 24.5. The van der Waals surface area contributed by atoms with Crippen molar-refractivity contribution in [3.8, 4) is 6.07 Å². The van der Waals surface area contributed by atoms with E-state index in [1.165, 1.54) is 30.5 Å². The van der Waals surface area contributed by atoms with Crippen molar-refractivity contribution in [3.63, 3.8) is 0 Å². The first-order valence-electron chi connectivity index (χ1n) is 9.14. The van der Waals surface area contributed by atoms with E-state index in [4.69, 9.17) is 25.6 Å². The maximum atomic E-state index is 14.7. The summed E-state index contributed by atoms with van der Waals surface area (Å²) in [5.74, 6) is -4.99. The Morgan fingerprint density at radius 2 is 2.06 bits per heavy atom. The number of halogens is 3. The highest BCUT2D eigenvalue weighted by atomic mass is 19.3. The molecule has 0 saturated heterocycles. The third-order valence-electron chi connectivity index (χ3n) is 4.71. The highest BCUT2D eigenvalue weighted by Gasteiger charge is 2.54. The molecular formula is C21H19F3N4O4. The molecule has 0 unspecified atom stereocenters. The zero-order valence-electron chi connectivity index (χ0n) is 16.9. The lowest BCUT2D eigenvalue weighted by Gasteiger charge is -2.33. The van der Waals surface area contributed by atoms with Crippen LogP contribution < -0.4 is 5.73 Å². The molecule has 2 aromatic rings. The second-order valence-corrected chi connectivity index (χ2v) is 6.94. The number of nitrogens with zero attached hydrogens (tertiary/aromatic N) is 3. The molecule has 0 bridgehead atoms. The van der Waals surface area contributed by atoms with Crippen LogP contribution in [0.1, 0.15) is 34.1 Å². The fourth-order valence-corrected chi connectivity index (χ4v) is 3.04. The fourth-order valence-electron chi connectivity index (χ4n) is 3.04. The van der Waals surface area contributed by atoms with E-state index in [-0.39, 0.29) is 36.6 Å². The third-order valence-corrected chi connectivity index (χ3v) is 4.71. The van der Waals surface area contributed by atoms with Gasteiger partial charge in [0.15, 0.2) is 11.3 Å². The Hall–Kier alpha value is -3.78. The van der Waals surface area contributed by atoms with Crippen molar-refractivity contribution >= 4 is 18.1 Å². The number of pyridine rings is 1. The molecule has 32 heavy (non-hydrogen) atoms. The average molecular weight is 448 g/mol. The fraction of sp³-hybridized carbons (Fsp3) is 0.286. The molecule has 0 spiro atoms. The van der Waals surface area contributed by atoms with Gasteiger partial charge >= 0.3 is 0 Å². The topological polar surface area (TPSA) is 139 Å². The van der Waals surface area contributed by atoms with Gasteiger partial charge in [-0.15, -0.1) is 0 Å². The molecule has 11 heteroatoms. The second-order valence-electron chi connectivity index (χ2n) is 6.94. The number of Topliss-reactive ketones (excluding diaryl/α,β-unsaturated/α-hetero) is 1. The van der Waals surface area contributed by atoms with Gasteiger partial charge in [-0.05, 0) is 36.8 Å². The number of rotatable bonds is 4. The predicted molar refractivity (Wildman–Crippen MR) is 107 cm³/mol. The molecule has 2 heterocycles. The van der Waals surface area contributed by atoms with Crippen molar-refractivity contribution < 1.29 is 32.6 Å². The molecule has 3 N–H and O–H groups in total. The monoisotopic (exact) mass is 448 g/mol. The smallest absolute Gasteiger partial charge is 0.299 e. The van der Waals surface area contributed by atoms with Gasteiger partial charge in [-0.1, -0.05) is 6.07 Å². The second kappa shape index (κ2) is 10.0. The number of hydrogen-bond donors (Lipinski definition) is 2. The Bertz CT molecular complexity index is 1070. The Labute approximate surface area is 181 Å². The molecule has 1 aromatic heterocycles. The van der Waals surface area contributed by atoms with Crippen LogP contribution in [0.4, 0.5) is 13.2 Å². The van der Waals surface area contributed by atoms with Gasteiger partial charge in [-0.25, -0.2) is 13.2 Å². The zero-order valence-corrected chi connectivity index (χ0v) is 16.9. The Morgan fingerprint density at radius 1 is 1.38 bits per heavy atom. The molecule has 3 rings (SSSR count). The summed E-state index contributed by atoms with van der Waals surface area (Å²) in [6.07, 6.45) is 1.07. The number of carbonyl (C=O) groups excluding carboxylic acids is 1. The number of nitriles is 1. The maximum absolute atomic E-state index is 14.7. The van der Waals surface area contributed by atoms with Gasteiger partial charge in [0.05, 0.1) is 5.56 Å². The Kier molecular flexibility index (Phi) is 7.67. The summed E-state index contributed by atoms with van der Waals surface area (Å²) >= 11 is 0. The van der Waals surface area contributed by atoms with Gasteiger partial charge in [-0.2, -0.15) is 5.26 Å². The summed E-state index contributed by atoms with van der Waals surface area (Å²) < 4.78 is 48.8. The number of ether oxygens (including phenoxy) is 1. The number of hydrogen-bond acceptors (Lipinski definition) is 7. The number of carboxylic acid groups (broad SMARTS) is 1. The van der Waals surface area contributed by atoms with E-state index in [0.29, 0.717) is 11.1 Å². The van der Waals surface area contributed by atoms with Crippen LogP contribution in [0.2, 0.25) is 0 Å². The minimum Gasteiger partial charge on any atom is -0.483 e. The van der Waals surface area contributed by atoms with Gasteiger partial charge in [-0.3, -0.25) is 19.6 Å². The maximum Gasteiger partial charge on any atom is 0.299 e. The van der Waals surface area contributed by atoms with Gasteiger partial charge in [0, 0.05) is 18.2 Å². The van der Waals surface area contributed by atoms with Crippen molar-refractivity contribution in [2.24, 2.45) is 10.7 Å². The van der Waals surface area contributed by atoms with Gasteiger partial charge in [0.1, 0.15) is 36.6 Å². The predicted octanol–water partition coefficient (Wildman–Crippen LogP) is 2.46. The summed E-state index contributed by atoms with van der Waals surface area (Å²) in [6.45, 7) is -0.415. The molecule has 0 aliphatic carbocycles. The van der Waals surface area contributed by atoms with Crippen molar-refractivity contribution in [2.75, 3.05) is 13.2 Å². The normalized spacial score (nSPS) is 19.4. The summed E-state index contributed by atoms with van der Waals surface area (Å²) in [4.78, 5) is 28.6. The largest absolute Gasteiger partial charge is 0.483 e. The van der Waals surface area contributed by atoms with Gasteiger partial charge in [0.25, 0.3) is 12.4 Å². The number of carbonyl (C=O) groups is 2. The lowest BCUT2D eigenvalue weighted by molar-refractivity contribution is -0.122. The molecule has 0 amide bonds. The van der Waals surface area contributed by atoms with Gasteiger partial charge in [0.2, 0.25) is 0 Å². The van der Waals surface area contributed by atoms with Crippen LogP contribution in [0.5, 0.6) is 0 Å². The van der Waals surface area contributed by atoms with Crippen LogP contribution in [0.3, 0.4) is 0 Å². The molecule has 168 valence electrons. The molecule has 1 atom stereocenters. The van der Waals surface area contributed by atoms with E-state index in [0.717, 1.165) is 13.0 Å². The number of ketones is 1. The standard InChI is InChI=1S/C20H17F3N4O2.CH2O2/c1-19(20(22,23)11-29-10-18(25)27-19)14-6-12(2-4-15(14)21)7-17(28)16-5-3-13(8-24)9-26-16;2-1-3/h2-6,9H,7,10-11H2,1H3,(H2,25,27);1H,(H,2,3)/t19-;/m1./s1. The molecule has 1 aromatic carbocycles. The third kappa shape index (κ3) is 5.28. The molecule has 0 fully saturated rings. The van der Waals surface area contributed by atoms with E-state index in [2.05, 4.69) is 9.98 Å². The van der Waals surface area contributed by atoms with Crippen LogP contribution in [-0.2, 0) is 21.5 Å². The van der Waals surface area contributed by atoms with Crippen LogP contribution in [0.25, 0.3) is 0 Å². The summed E-state index contributed by atoms with van der Waals surface area (Å²) in [7, 11) is 0. The van der Waals surface area contributed by atoms with E-state index >= 15 is 0 Å². The van der Waals surface area contributed by atoms with Crippen LogP contribution in [0.15, 0.2) is 41.5 Å². The van der Waals surface area contributed by atoms with Crippen molar-refractivity contribution in [3.05, 3.63) is 64.7 Å². The highest BCUT2D eigenvalue weighted by molar-refractivity contribution is 5.95. The minimum atomic E-state index is -3.52. The van der Waals surface area contributed by atoms with E-state index < -0.39 is 29.7 Å². The van der Waals surface area contributed by atoms with E-state index in [1.54, 1.807) is 0 Å². The summed E-state index contributed by atoms with van der Waals surface area (Å²) in [5, 5.41) is 15.7. The lowest BCUT2D eigenvalue weighted by Crippen LogP contribution is -2.45.